The number of nitrogens with two attached hydrogens (primary N) is 1. The average Bonchev–Trinajstić information content (AvgIpc) is 2.86. The molecule has 3 rings (SSSR count). The Morgan fingerprint density at radius 3 is 2.42 bits per heavy atom. The molecule has 0 unspecified atom stereocenters. The summed E-state index contributed by atoms with van der Waals surface area (Å²) in [4.78, 5) is 27.1. The molecule has 1 saturated heterocycles. The van der Waals surface area contributed by atoms with E-state index >= 15 is 0 Å². The van der Waals surface area contributed by atoms with Gasteiger partial charge in [0.25, 0.3) is 5.91 Å². The first-order valence-electron chi connectivity index (χ1n) is 12.5. The Labute approximate surface area is 236 Å². The predicted octanol–water partition coefficient (Wildman–Crippen LogP) is 4.86. The summed E-state index contributed by atoms with van der Waals surface area (Å²) < 4.78 is 68.4. The molecule has 2 aromatic carbocycles. The Balaban J connectivity index is 2.08. The lowest BCUT2D eigenvalue weighted by Gasteiger charge is -2.33. The maximum absolute atomic E-state index is 14.3. The second kappa shape index (κ2) is 11.8. The van der Waals surface area contributed by atoms with Gasteiger partial charge in [0.15, 0.2) is 9.84 Å². The molecule has 0 aromatic heterocycles. The third kappa shape index (κ3) is 6.64. The third-order valence-electron chi connectivity index (χ3n) is 7.11. The van der Waals surface area contributed by atoms with Gasteiger partial charge in [0.2, 0.25) is 0 Å². The van der Waals surface area contributed by atoms with Crippen LogP contribution in [0.4, 0.5) is 29.3 Å². The number of piperidine rings is 1. The third-order valence-corrected chi connectivity index (χ3v) is 9.30. The predicted molar refractivity (Wildman–Crippen MR) is 147 cm³/mol. The number of likely N-dealkylation sites (tertiary alicyclic amines) is 1. The molecule has 4 N–H and O–H groups in total. The zero-order valence-corrected chi connectivity index (χ0v) is 24.1. The molecule has 1 aliphatic rings. The SMILES string of the molecule is CCS(=O)(=O)c1cc(C)c(C)cc1N(C)C(=O)c1cc(C(F)(F)F)c(CN2CCC[C@@H](NC(=O)O)C2)c(Cl)c1N. The van der Waals surface area contributed by atoms with Crippen molar-refractivity contribution in [2.75, 3.05) is 36.5 Å². The zero-order valence-electron chi connectivity index (χ0n) is 22.5. The maximum atomic E-state index is 14.3. The normalized spacial score (nSPS) is 16.6. The molecule has 220 valence electrons. The fourth-order valence-electron chi connectivity index (χ4n) is 4.74. The molecule has 1 fully saturated rings. The number of alkyl halides is 3. The van der Waals surface area contributed by atoms with Gasteiger partial charge in [0.1, 0.15) is 0 Å². The second-order valence-electron chi connectivity index (χ2n) is 9.87. The van der Waals surface area contributed by atoms with Gasteiger partial charge >= 0.3 is 12.3 Å². The molecule has 0 radical (unpaired) electrons. The van der Waals surface area contributed by atoms with Crippen molar-refractivity contribution in [2.45, 2.75) is 57.3 Å². The van der Waals surface area contributed by atoms with Crippen molar-refractivity contribution < 1.29 is 36.3 Å². The fraction of sp³-hybridized carbons (Fsp3) is 0.462. The second-order valence-corrected chi connectivity index (χ2v) is 12.5. The number of carbonyl (C=O) groups excluding carboxylic acids is 1. The molecule has 0 bridgehead atoms. The van der Waals surface area contributed by atoms with Crippen molar-refractivity contribution in [1.29, 1.82) is 0 Å². The number of carboxylic acid groups (broad SMARTS) is 1. The number of nitrogens with one attached hydrogen (secondary N) is 1. The number of carbonyl (C=O) groups is 2. The highest BCUT2D eigenvalue weighted by atomic mass is 35.5. The van der Waals surface area contributed by atoms with Gasteiger partial charge in [-0.25, -0.2) is 13.2 Å². The summed E-state index contributed by atoms with van der Waals surface area (Å²) in [5, 5.41) is 10.9. The highest BCUT2D eigenvalue weighted by Gasteiger charge is 2.38. The van der Waals surface area contributed by atoms with Gasteiger partial charge in [-0.05, 0) is 68.1 Å². The van der Waals surface area contributed by atoms with Crippen LogP contribution in [0.15, 0.2) is 23.1 Å². The minimum absolute atomic E-state index is 0.00777. The number of sulfone groups is 1. The number of amides is 2. The Morgan fingerprint density at radius 1 is 1.23 bits per heavy atom. The first-order valence-corrected chi connectivity index (χ1v) is 14.5. The highest BCUT2D eigenvalue weighted by molar-refractivity contribution is 7.91. The Bertz CT molecular complexity index is 1430. The maximum Gasteiger partial charge on any atom is 0.416 e. The summed E-state index contributed by atoms with van der Waals surface area (Å²) in [6.07, 6.45) is -5.03. The Hall–Kier alpha value is -3.03. The van der Waals surface area contributed by atoms with Crippen molar-refractivity contribution in [2.24, 2.45) is 0 Å². The minimum atomic E-state index is -4.90. The van der Waals surface area contributed by atoms with Crippen LogP contribution in [0.5, 0.6) is 0 Å². The molecule has 1 atom stereocenters. The van der Waals surface area contributed by atoms with Crippen molar-refractivity contribution in [3.05, 3.63) is 51.0 Å². The molecule has 40 heavy (non-hydrogen) atoms. The number of hydrogen-bond donors (Lipinski definition) is 3. The van der Waals surface area contributed by atoms with E-state index in [2.05, 4.69) is 5.32 Å². The number of nitrogen functional groups attached to an aromatic ring is 1. The summed E-state index contributed by atoms with van der Waals surface area (Å²) in [5.74, 6) is -1.21. The number of nitrogens with zero attached hydrogens (tertiary/aromatic N) is 2. The number of halogens is 4. The van der Waals surface area contributed by atoms with E-state index in [0.717, 1.165) is 4.90 Å². The van der Waals surface area contributed by atoms with E-state index in [4.69, 9.17) is 22.4 Å². The number of aryl methyl sites for hydroxylation is 2. The van der Waals surface area contributed by atoms with Crippen molar-refractivity contribution >= 4 is 44.8 Å². The molecule has 2 amide bonds. The van der Waals surface area contributed by atoms with E-state index in [-0.39, 0.29) is 40.7 Å². The molecule has 0 saturated carbocycles. The molecule has 0 aliphatic carbocycles. The van der Waals surface area contributed by atoms with Crippen LogP contribution in [-0.2, 0) is 22.6 Å². The van der Waals surface area contributed by atoms with E-state index in [1.807, 2.05) is 0 Å². The molecule has 1 heterocycles. The lowest BCUT2D eigenvalue weighted by molar-refractivity contribution is -0.138. The first-order chi connectivity index (χ1) is 18.5. The zero-order chi connectivity index (χ0) is 30.2. The van der Waals surface area contributed by atoms with Crippen LogP contribution in [0, 0.1) is 13.8 Å². The monoisotopic (exact) mass is 604 g/mol. The lowest BCUT2D eigenvalue weighted by atomic mass is 9.98. The van der Waals surface area contributed by atoms with E-state index < -0.39 is 50.2 Å². The minimum Gasteiger partial charge on any atom is -0.465 e. The summed E-state index contributed by atoms with van der Waals surface area (Å²) in [5.41, 5.74) is 5.12. The van der Waals surface area contributed by atoms with Gasteiger partial charge in [-0.15, -0.1) is 0 Å². The van der Waals surface area contributed by atoms with E-state index in [1.165, 1.54) is 26.1 Å². The van der Waals surface area contributed by atoms with Gasteiger partial charge in [-0.1, -0.05) is 18.5 Å². The molecule has 2 aromatic rings. The lowest BCUT2D eigenvalue weighted by Crippen LogP contribution is -2.47. The first kappa shape index (κ1) is 31.5. The summed E-state index contributed by atoms with van der Waals surface area (Å²) >= 11 is 6.39. The number of hydrogen-bond acceptors (Lipinski definition) is 6. The summed E-state index contributed by atoms with van der Waals surface area (Å²) in [6.45, 7) is 5.20. The van der Waals surface area contributed by atoms with Crippen LogP contribution in [0.1, 0.15) is 52.4 Å². The summed E-state index contributed by atoms with van der Waals surface area (Å²) in [7, 11) is -2.53. The highest BCUT2D eigenvalue weighted by Crippen LogP contribution is 2.41. The molecular weight excluding hydrogens is 573 g/mol. The van der Waals surface area contributed by atoms with E-state index in [0.29, 0.717) is 36.6 Å². The number of rotatable bonds is 7. The van der Waals surface area contributed by atoms with E-state index in [1.54, 1.807) is 18.7 Å². The van der Waals surface area contributed by atoms with Crippen molar-refractivity contribution in [3.8, 4) is 0 Å². The number of anilines is 2. The van der Waals surface area contributed by atoms with Crippen LogP contribution < -0.4 is 16.0 Å². The van der Waals surface area contributed by atoms with Crippen LogP contribution in [0.2, 0.25) is 5.02 Å². The van der Waals surface area contributed by atoms with Crippen LogP contribution in [0.25, 0.3) is 0 Å². The van der Waals surface area contributed by atoms with Gasteiger partial charge < -0.3 is 21.1 Å². The molecule has 1 aliphatic heterocycles. The molecule has 14 heteroatoms. The van der Waals surface area contributed by atoms with Crippen LogP contribution in [-0.4, -0.2) is 62.4 Å². The van der Waals surface area contributed by atoms with Crippen LogP contribution in [0.3, 0.4) is 0 Å². The molecule has 0 spiro atoms. The van der Waals surface area contributed by atoms with Gasteiger partial charge in [0.05, 0.1) is 38.2 Å². The standard InChI is InChI=1S/C26H32ClF3N4O5S/c1-5-40(38,39)21-10-15(3)14(2)9-20(21)33(4)24(35)17-11-19(26(28,29)30)18(22(27)23(17)31)13-34-8-6-7-16(12-34)32-25(36)37/h9-11,16,32H,5-8,12-13,31H2,1-4H3,(H,36,37)/t16-/m1/s1. The van der Waals surface area contributed by atoms with Crippen LogP contribution >= 0.6 is 11.6 Å². The molecular formula is C26H32ClF3N4O5S. The van der Waals surface area contributed by atoms with Crippen molar-refractivity contribution in [1.82, 2.24) is 10.2 Å². The Morgan fingerprint density at radius 2 is 1.85 bits per heavy atom. The van der Waals surface area contributed by atoms with Gasteiger partial charge in [0, 0.05) is 26.2 Å². The average molecular weight is 605 g/mol. The van der Waals surface area contributed by atoms with Gasteiger partial charge in [-0.3, -0.25) is 9.69 Å². The number of benzene rings is 2. The Kier molecular flexibility index (Phi) is 9.32. The fourth-order valence-corrected chi connectivity index (χ4v) is 6.18. The molecule has 9 nitrogen and oxygen atoms in total. The quantitative estimate of drug-likeness (QED) is 0.384. The largest absolute Gasteiger partial charge is 0.465 e. The smallest absolute Gasteiger partial charge is 0.416 e. The van der Waals surface area contributed by atoms with E-state index in [9.17, 15) is 31.2 Å². The topological polar surface area (TPSA) is 133 Å². The summed E-state index contributed by atoms with van der Waals surface area (Å²) in [6, 6.07) is 3.10. The van der Waals surface area contributed by atoms with Crippen molar-refractivity contribution in [3.63, 3.8) is 0 Å². The van der Waals surface area contributed by atoms with Gasteiger partial charge in [-0.2, -0.15) is 13.2 Å².